The number of aromatic hydroxyl groups is 2. The molecule has 0 bridgehead atoms. The number of benzene rings is 4. The van der Waals surface area contributed by atoms with Crippen LogP contribution >= 0.6 is 0 Å². The molecule has 0 atom stereocenters. The molecule has 0 aliphatic carbocycles. The van der Waals surface area contributed by atoms with Crippen LogP contribution in [0.3, 0.4) is 0 Å². The summed E-state index contributed by atoms with van der Waals surface area (Å²) in [6.07, 6.45) is 6.31. The van der Waals surface area contributed by atoms with Crippen molar-refractivity contribution in [1.29, 1.82) is 0 Å². The lowest BCUT2D eigenvalue weighted by Crippen LogP contribution is -2.27. The molecule has 4 rings (SSSR count). The number of aryl methyl sites for hydroxylation is 1. The SMILES string of the molecule is CC.CC/C(C)=C(/C)c1cc(Oc2cccc(C(=O)Nc3cc(O)c(-c4ccccc4)c(O)c3)c2)ccc1C.CCCCN(CCC)CCC(C)C. The molecule has 0 saturated heterocycles. The van der Waals surface area contributed by atoms with Crippen molar-refractivity contribution in [3.05, 3.63) is 107 Å². The lowest BCUT2D eigenvalue weighted by molar-refractivity contribution is 0.102. The number of ether oxygens (including phenoxy) is 1. The standard InChI is InChI=1S/C32H31NO4.C12H27N.C2H6/c1-5-20(2)22(4)28-19-27(15-14-21(28)3)37-26-13-9-12-24(16-26)32(36)33-25-17-29(34)31(30(35)18-25)23-10-7-6-8-11-23;1-5-7-10-13(9-6-2)11-8-12(3)4;1-2/h6-19,34-35H,5H2,1-4H3,(H,33,36);12H,5-11H2,1-4H3;1-2H3/b22-20-;;. The van der Waals surface area contributed by atoms with Crippen LogP contribution in [-0.4, -0.2) is 40.7 Å². The molecule has 4 aromatic carbocycles. The fraction of sp³-hybridized carbons (Fsp3) is 0.413. The van der Waals surface area contributed by atoms with Crippen molar-refractivity contribution in [1.82, 2.24) is 4.90 Å². The second-order valence-electron chi connectivity index (χ2n) is 13.5. The highest BCUT2D eigenvalue weighted by atomic mass is 16.5. The van der Waals surface area contributed by atoms with Crippen molar-refractivity contribution in [2.24, 2.45) is 5.92 Å². The van der Waals surface area contributed by atoms with Gasteiger partial charge in [-0.25, -0.2) is 0 Å². The van der Waals surface area contributed by atoms with E-state index in [1.165, 1.54) is 74.2 Å². The quantitative estimate of drug-likeness (QED) is 0.114. The molecule has 0 aromatic heterocycles. The minimum Gasteiger partial charge on any atom is -0.507 e. The number of unbranched alkanes of at least 4 members (excludes halogenated alkanes) is 1. The van der Waals surface area contributed by atoms with Crippen LogP contribution < -0.4 is 10.1 Å². The van der Waals surface area contributed by atoms with Crippen LogP contribution in [0, 0.1) is 12.8 Å². The number of allylic oxidation sites excluding steroid dienone is 2. The lowest BCUT2D eigenvalue weighted by Gasteiger charge is -2.22. The summed E-state index contributed by atoms with van der Waals surface area (Å²) >= 11 is 0. The lowest BCUT2D eigenvalue weighted by atomic mass is 9.96. The van der Waals surface area contributed by atoms with E-state index in [2.05, 4.69) is 65.6 Å². The minimum absolute atomic E-state index is 0.128. The van der Waals surface area contributed by atoms with Crippen LogP contribution in [0.2, 0.25) is 0 Å². The monoisotopic (exact) mass is 708 g/mol. The molecular formula is C46H64N2O4. The fourth-order valence-corrected chi connectivity index (χ4v) is 5.66. The number of phenolic OH excluding ortho intramolecular Hbond substituents is 2. The van der Waals surface area contributed by atoms with E-state index in [0.29, 0.717) is 28.2 Å². The fourth-order valence-electron chi connectivity index (χ4n) is 5.66. The second-order valence-corrected chi connectivity index (χ2v) is 13.5. The third-order valence-electron chi connectivity index (χ3n) is 8.92. The average Bonchev–Trinajstić information content (AvgIpc) is 3.14. The molecule has 0 aliphatic rings. The molecule has 0 heterocycles. The van der Waals surface area contributed by atoms with Gasteiger partial charge in [-0.1, -0.05) is 103 Å². The highest BCUT2D eigenvalue weighted by Gasteiger charge is 2.15. The first kappa shape index (κ1) is 43.6. The smallest absolute Gasteiger partial charge is 0.255 e. The van der Waals surface area contributed by atoms with Gasteiger partial charge in [0, 0.05) is 23.4 Å². The zero-order chi connectivity index (χ0) is 38.6. The largest absolute Gasteiger partial charge is 0.507 e. The van der Waals surface area contributed by atoms with Crippen molar-refractivity contribution in [2.45, 2.75) is 101 Å². The Morgan fingerprint density at radius 1 is 0.788 bits per heavy atom. The number of carbonyl (C=O) groups is 1. The summed E-state index contributed by atoms with van der Waals surface area (Å²) in [6, 6.07) is 24.8. The Balaban J connectivity index is 0.000000529. The van der Waals surface area contributed by atoms with Crippen molar-refractivity contribution in [2.75, 3.05) is 25.0 Å². The van der Waals surface area contributed by atoms with E-state index in [1.54, 1.807) is 36.4 Å². The summed E-state index contributed by atoms with van der Waals surface area (Å²) in [6.45, 7) is 25.5. The first-order valence-corrected chi connectivity index (χ1v) is 19.2. The second kappa shape index (κ2) is 23.1. The summed E-state index contributed by atoms with van der Waals surface area (Å²) in [7, 11) is 0. The van der Waals surface area contributed by atoms with E-state index >= 15 is 0 Å². The van der Waals surface area contributed by atoms with Gasteiger partial charge in [0.2, 0.25) is 0 Å². The topological polar surface area (TPSA) is 82.0 Å². The number of nitrogens with zero attached hydrogens (tertiary/aromatic N) is 1. The van der Waals surface area contributed by atoms with Gasteiger partial charge in [0.1, 0.15) is 23.0 Å². The molecule has 52 heavy (non-hydrogen) atoms. The van der Waals surface area contributed by atoms with E-state index < -0.39 is 5.91 Å². The molecule has 6 nitrogen and oxygen atoms in total. The van der Waals surface area contributed by atoms with Gasteiger partial charge in [0.15, 0.2) is 0 Å². The predicted molar refractivity (Wildman–Crippen MR) is 222 cm³/mol. The van der Waals surface area contributed by atoms with Gasteiger partial charge in [-0.15, -0.1) is 0 Å². The van der Waals surface area contributed by atoms with Crippen molar-refractivity contribution in [3.63, 3.8) is 0 Å². The molecule has 6 heteroatoms. The van der Waals surface area contributed by atoms with Crippen LogP contribution in [0.1, 0.15) is 116 Å². The Bertz CT molecular complexity index is 1670. The Hall–Kier alpha value is -4.55. The van der Waals surface area contributed by atoms with Gasteiger partial charge >= 0.3 is 0 Å². The van der Waals surface area contributed by atoms with Gasteiger partial charge in [-0.2, -0.15) is 0 Å². The molecule has 3 N–H and O–H groups in total. The third kappa shape index (κ3) is 13.9. The molecule has 0 spiro atoms. The average molecular weight is 709 g/mol. The van der Waals surface area contributed by atoms with Crippen molar-refractivity contribution in [3.8, 4) is 34.1 Å². The Morgan fingerprint density at radius 3 is 2.04 bits per heavy atom. The molecule has 0 saturated carbocycles. The maximum Gasteiger partial charge on any atom is 0.255 e. The number of hydrogen-bond acceptors (Lipinski definition) is 5. The minimum atomic E-state index is -0.390. The highest BCUT2D eigenvalue weighted by molar-refractivity contribution is 6.05. The van der Waals surface area contributed by atoms with Crippen LogP contribution in [0.4, 0.5) is 5.69 Å². The summed E-state index contributed by atoms with van der Waals surface area (Å²) < 4.78 is 6.10. The first-order chi connectivity index (χ1) is 25.0. The van der Waals surface area contributed by atoms with E-state index in [4.69, 9.17) is 4.74 Å². The maximum atomic E-state index is 13.0. The van der Waals surface area contributed by atoms with Crippen LogP contribution in [0.15, 0.2) is 90.5 Å². The third-order valence-corrected chi connectivity index (χ3v) is 8.92. The molecule has 0 fully saturated rings. The van der Waals surface area contributed by atoms with Crippen LogP contribution in [-0.2, 0) is 0 Å². The number of rotatable bonds is 15. The normalized spacial score (nSPS) is 11.2. The van der Waals surface area contributed by atoms with Gasteiger partial charge in [0.05, 0.1) is 5.56 Å². The number of anilines is 1. The zero-order valence-corrected chi connectivity index (χ0v) is 33.5. The van der Waals surface area contributed by atoms with Gasteiger partial charge in [-0.05, 0) is 125 Å². The van der Waals surface area contributed by atoms with E-state index in [-0.39, 0.29) is 17.2 Å². The van der Waals surface area contributed by atoms with Gasteiger partial charge < -0.3 is 25.2 Å². The maximum absolute atomic E-state index is 13.0. The van der Waals surface area contributed by atoms with Gasteiger partial charge in [-0.3, -0.25) is 4.79 Å². The predicted octanol–water partition coefficient (Wildman–Crippen LogP) is 12.9. The molecule has 4 aromatic rings. The summed E-state index contributed by atoms with van der Waals surface area (Å²) in [5, 5.41) is 23.8. The summed E-state index contributed by atoms with van der Waals surface area (Å²) in [5.74, 6) is 1.42. The van der Waals surface area contributed by atoms with E-state index in [0.717, 1.165) is 17.9 Å². The Kier molecular flexibility index (Phi) is 19.4. The van der Waals surface area contributed by atoms with E-state index in [9.17, 15) is 15.0 Å². The number of phenols is 2. The van der Waals surface area contributed by atoms with Crippen molar-refractivity contribution >= 4 is 17.2 Å². The molecule has 0 unspecified atom stereocenters. The Morgan fingerprint density at radius 2 is 1.44 bits per heavy atom. The molecule has 1 amide bonds. The van der Waals surface area contributed by atoms with E-state index in [1.807, 2.05) is 50.2 Å². The zero-order valence-electron chi connectivity index (χ0n) is 33.5. The molecule has 282 valence electrons. The molecule has 0 radical (unpaired) electrons. The molecule has 0 aliphatic heterocycles. The van der Waals surface area contributed by atoms with Crippen molar-refractivity contribution < 1.29 is 19.7 Å². The van der Waals surface area contributed by atoms with Gasteiger partial charge in [0.25, 0.3) is 5.91 Å². The van der Waals surface area contributed by atoms with Crippen LogP contribution in [0.5, 0.6) is 23.0 Å². The number of amides is 1. The number of hydrogen-bond donors (Lipinski definition) is 3. The number of carbonyl (C=O) groups excluding carboxylic acids is 1. The Labute approximate surface area is 314 Å². The first-order valence-electron chi connectivity index (χ1n) is 19.2. The highest BCUT2D eigenvalue weighted by Crippen LogP contribution is 2.40. The number of nitrogens with one attached hydrogen (secondary N) is 1. The molecular weight excluding hydrogens is 645 g/mol. The summed E-state index contributed by atoms with van der Waals surface area (Å²) in [5.41, 5.74) is 6.54. The van der Waals surface area contributed by atoms with Crippen LogP contribution in [0.25, 0.3) is 16.7 Å². The summed E-state index contributed by atoms with van der Waals surface area (Å²) in [4.78, 5) is 15.6.